The Balaban J connectivity index is 1.95. The first-order valence-corrected chi connectivity index (χ1v) is 6.93. The number of carbonyl (C=O) groups is 1. The van der Waals surface area contributed by atoms with Crippen molar-refractivity contribution in [3.63, 3.8) is 0 Å². The third kappa shape index (κ3) is 3.42. The van der Waals surface area contributed by atoms with Gasteiger partial charge in [-0.05, 0) is 38.1 Å². The Labute approximate surface area is 119 Å². The molecular formula is C15H22N2O3. The van der Waals surface area contributed by atoms with Crippen LogP contribution in [0.2, 0.25) is 0 Å². The van der Waals surface area contributed by atoms with E-state index in [0.717, 1.165) is 25.4 Å². The van der Waals surface area contributed by atoms with E-state index in [0.29, 0.717) is 5.75 Å². The van der Waals surface area contributed by atoms with Crippen molar-refractivity contribution in [3.8, 4) is 11.5 Å². The molecule has 1 aromatic carbocycles. The van der Waals surface area contributed by atoms with Gasteiger partial charge in [0, 0.05) is 25.7 Å². The second-order valence-electron chi connectivity index (χ2n) is 5.02. The molecule has 0 saturated carbocycles. The Morgan fingerprint density at radius 2 is 2.00 bits per heavy atom. The van der Waals surface area contributed by atoms with Gasteiger partial charge in [0.25, 0.3) is 5.91 Å². The molecule has 1 amide bonds. The second kappa shape index (κ2) is 6.61. The van der Waals surface area contributed by atoms with Crippen molar-refractivity contribution < 1.29 is 14.3 Å². The van der Waals surface area contributed by atoms with Gasteiger partial charge in [-0.15, -0.1) is 0 Å². The third-order valence-electron chi connectivity index (χ3n) is 3.50. The second-order valence-corrected chi connectivity index (χ2v) is 5.02. The predicted octanol–water partition coefficient (Wildman–Crippen LogP) is 1.28. The minimum atomic E-state index is -0.482. The van der Waals surface area contributed by atoms with E-state index >= 15 is 0 Å². The SMILES string of the molecule is COc1ccc(OC(C)C(=O)N2CCNCC2C)cc1. The molecule has 0 aliphatic carbocycles. The Kier molecular flexibility index (Phi) is 4.84. The smallest absolute Gasteiger partial charge is 0.263 e. The molecule has 1 fully saturated rings. The molecule has 5 nitrogen and oxygen atoms in total. The van der Waals surface area contributed by atoms with Crippen LogP contribution in [0.5, 0.6) is 11.5 Å². The number of piperazine rings is 1. The maximum absolute atomic E-state index is 12.4. The molecule has 1 saturated heterocycles. The van der Waals surface area contributed by atoms with Crippen molar-refractivity contribution in [1.29, 1.82) is 0 Å². The summed E-state index contributed by atoms with van der Waals surface area (Å²) in [5, 5.41) is 3.27. The molecule has 1 aliphatic heterocycles. The molecule has 2 atom stereocenters. The van der Waals surface area contributed by atoms with Crippen LogP contribution in [-0.4, -0.2) is 49.7 Å². The number of nitrogens with zero attached hydrogens (tertiary/aromatic N) is 1. The topological polar surface area (TPSA) is 50.8 Å². The normalized spacial score (nSPS) is 20.4. The highest BCUT2D eigenvalue weighted by Gasteiger charge is 2.27. The molecule has 1 aromatic rings. The average Bonchev–Trinajstić information content (AvgIpc) is 2.48. The minimum Gasteiger partial charge on any atom is -0.497 e. The van der Waals surface area contributed by atoms with Crippen LogP contribution in [0, 0.1) is 0 Å². The van der Waals surface area contributed by atoms with E-state index in [9.17, 15) is 4.79 Å². The highest BCUT2D eigenvalue weighted by Crippen LogP contribution is 2.19. The van der Waals surface area contributed by atoms with Crippen molar-refractivity contribution in [3.05, 3.63) is 24.3 Å². The summed E-state index contributed by atoms with van der Waals surface area (Å²) in [6.45, 7) is 6.24. The Morgan fingerprint density at radius 3 is 2.60 bits per heavy atom. The lowest BCUT2D eigenvalue weighted by atomic mass is 10.2. The number of hydrogen-bond donors (Lipinski definition) is 1. The zero-order valence-electron chi connectivity index (χ0n) is 12.3. The minimum absolute atomic E-state index is 0.0369. The van der Waals surface area contributed by atoms with Crippen LogP contribution in [0.15, 0.2) is 24.3 Å². The fourth-order valence-corrected chi connectivity index (χ4v) is 2.31. The summed E-state index contributed by atoms with van der Waals surface area (Å²) in [5.74, 6) is 1.48. The largest absolute Gasteiger partial charge is 0.497 e. The van der Waals surface area contributed by atoms with Crippen LogP contribution >= 0.6 is 0 Å². The molecular weight excluding hydrogens is 256 g/mol. The Morgan fingerprint density at radius 1 is 1.35 bits per heavy atom. The van der Waals surface area contributed by atoms with Gasteiger partial charge in [-0.2, -0.15) is 0 Å². The Hall–Kier alpha value is -1.75. The van der Waals surface area contributed by atoms with Gasteiger partial charge in [0.1, 0.15) is 11.5 Å². The molecule has 0 radical (unpaired) electrons. The van der Waals surface area contributed by atoms with E-state index in [2.05, 4.69) is 5.32 Å². The summed E-state index contributed by atoms with van der Waals surface area (Å²) < 4.78 is 10.8. The predicted molar refractivity (Wildman–Crippen MR) is 77.1 cm³/mol. The van der Waals surface area contributed by atoms with Crippen molar-refractivity contribution >= 4 is 5.91 Å². The number of amides is 1. The van der Waals surface area contributed by atoms with E-state index in [-0.39, 0.29) is 11.9 Å². The number of benzene rings is 1. The van der Waals surface area contributed by atoms with Gasteiger partial charge in [-0.1, -0.05) is 0 Å². The summed E-state index contributed by atoms with van der Waals surface area (Å²) in [7, 11) is 1.62. The maximum atomic E-state index is 12.4. The molecule has 20 heavy (non-hydrogen) atoms. The molecule has 0 aromatic heterocycles. The van der Waals surface area contributed by atoms with Gasteiger partial charge < -0.3 is 19.7 Å². The zero-order chi connectivity index (χ0) is 14.5. The van der Waals surface area contributed by atoms with Crippen LogP contribution in [0.1, 0.15) is 13.8 Å². The monoisotopic (exact) mass is 278 g/mol. The summed E-state index contributed by atoms with van der Waals surface area (Å²) >= 11 is 0. The fourth-order valence-electron chi connectivity index (χ4n) is 2.31. The number of hydrogen-bond acceptors (Lipinski definition) is 4. The Bertz CT molecular complexity index is 447. The van der Waals surface area contributed by atoms with Crippen LogP contribution in [0.3, 0.4) is 0 Å². The first-order valence-electron chi connectivity index (χ1n) is 6.93. The number of ether oxygens (including phenoxy) is 2. The summed E-state index contributed by atoms with van der Waals surface area (Å²) in [5.41, 5.74) is 0. The van der Waals surface area contributed by atoms with Crippen molar-refractivity contribution in [2.45, 2.75) is 26.0 Å². The highest BCUT2D eigenvalue weighted by molar-refractivity contribution is 5.81. The molecule has 1 aliphatic rings. The van der Waals surface area contributed by atoms with E-state index in [1.165, 1.54) is 0 Å². The van der Waals surface area contributed by atoms with E-state index in [4.69, 9.17) is 9.47 Å². The summed E-state index contributed by atoms with van der Waals surface area (Å²) in [6, 6.07) is 7.46. The maximum Gasteiger partial charge on any atom is 0.263 e. The van der Waals surface area contributed by atoms with Crippen LogP contribution < -0.4 is 14.8 Å². The molecule has 5 heteroatoms. The lowest BCUT2D eigenvalue weighted by molar-refractivity contribution is -0.140. The van der Waals surface area contributed by atoms with Gasteiger partial charge in [0.15, 0.2) is 6.10 Å². The third-order valence-corrected chi connectivity index (χ3v) is 3.50. The lowest BCUT2D eigenvalue weighted by Crippen LogP contribution is -2.55. The number of carbonyl (C=O) groups excluding carboxylic acids is 1. The van der Waals surface area contributed by atoms with E-state index < -0.39 is 6.10 Å². The lowest BCUT2D eigenvalue weighted by Gasteiger charge is -2.35. The van der Waals surface area contributed by atoms with Crippen molar-refractivity contribution in [2.24, 2.45) is 0 Å². The first kappa shape index (κ1) is 14.7. The molecule has 0 bridgehead atoms. The van der Waals surface area contributed by atoms with Crippen LogP contribution in [0.4, 0.5) is 0 Å². The number of nitrogens with one attached hydrogen (secondary N) is 1. The van der Waals surface area contributed by atoms with Crippen LogP contribution in [-0.2, 0) is 4.79 Å². The first-order chi connectivity index (χ1) is 9.61. The molecule has 0 spiro atoms. The van der Waals surface area contributed by atoms with Crippen molar-refractivity contribution in [1.82, 2.24) is 10.2 Å². The van der Waals surface area contributed by atoms with Gasteiger partial charge in [-0.3, -0.25) is 4.79 Å². The van der Waals surface area contributed by atoms with Gasteiger partial charge in [-0.25, -0.2) is 0 Å². The average molecular weight is 278 g/mol. The van der Waals surface area contributed by atoms with Gasteiger partial charge in [0.2, 0.25) is 0 Å². The fraction of sp³-hybridized carbons (Fsp3) is 0.533. The molecule has 1 heterocycles. The van der Waals surface area contributed by atoms with E-state index in [1.54, 1.807) is 14.0 Å². The van der Waals surface area contributed by atoms with Crippen LogP contribution in [0.25, 0.3) is 0 Å². The summed E-state index contributed by atoms with van der Waals surface area (Å²) in [6.07, 6.45) is -0.482. The van der Waals surface area contributed by atoms with Gasteiger partial charge in [0.05, 0.1) is 7.11 Å². The standard InChI is InChI=1S/C15H22N2O3/c1-11-10-16-8-9-17(11)15(18)12(2)20-14-6-4-13(19-3)5-7-14/h4-7,11-12,16H,8-10H2,1-3H3. The molecule has 1 N–H and O–H groups in total. The number of methoxy groups -OCH3 is 1. The van der Waals surface area contributed by atoms with E-state index in [1.807, 2.05) is 36.1 Å². The molecule has 2 rings (SSSR count). The summed E-state index contributed by atoms with van der Waals surface area (Å²) in [4.78, 5) is 14.3. The molecule has 110 valence electrons. The van der Waals surface area contributed by atoms with Crippen molar-refractivity contribution in [2.75, 3.05) is 26.7 Å². The number of rotatable bonds is 4. The quantitative estimate of drug-likeness (QED) is 0.901. The highest BCUT2D eigenvalue weighted by atomic mass is 16.5. The zero-order valence-corrected chi connectivity index (χ0v) is 12.3. The van der Waals surface area contributed by atoms with Gasteiger partial charge >= 0.3 is 0 Å². The molecule has 2 unspecified atom stereocenters.